The predicted molar refractivity (Wildman–Crippen MR) is 102 cm³/mol. The van der Waals surface area contributed by atoms with Gasteiger partial charge in [0.2, 0.25) is 5.76 Å². The van der Waals surface area contributed by atoms with Gasteiger partial charge < -0.3 is 13.7 Å². The van der Waals surface area contributed by atoms with Crippen molar-refractivity contribution in [1.29, 1.82) is 0 Å². The summed E-state index contributed by atoms with van der Waals surface area (Å²) < 4.78 is 13.3. The van der Waals surface area contributed by atoms with Crippen LogP contribution in [0, 0.1) is 0 Å². The Morgan fingerprint density at radius 1 is 1.26 bits per heavy atom. The maximum Gasteiger partial charge on any atom is 0.374 e. The number of carbonyl (C=O) groups excluding carboxylic acids is 1. The minimum absolute atomic E-state index is 0.297. The zero-order chi connectivity index (χ0) is 18.4. The average molecular weight is 383 g/mol. The summed E-state index contributed by atoms with van der Waals surface area (Å²) in [6.45, 7) is 2.12. The van der Waals surface area contributed by atoms with Gasteiger partial charge in [0, 0.05) is 28.7 Å². The molecule has 0 spiro atoms. The number of esters is 1. The minimum atomic E-state index is -0.411. The van der Waals surface area contributed by atoms with Crippen LogP contribution in [0.3, 0.4) is 0 Å². The van der Waals surface area contributed by atoms with Gasteiger partial charge in [-0.25, -0.2) is 4.79 Å². The molecule has 5 rings (SSSR count). The molecular formula is C20H21N3O3S. The van der Waals surface area contributed by atoms with Crippen LogP contribution in [0.15, 0.2) is 33.8 Å². The standard InChI is InChI=1S/C20H21N3O3S/c1-2-25-19(24)17-15(14-5-3-4-6-16(14)26-17)11-27-20-22-21-18(12-7-8-12)23(20)13-9-10-13/h3-6,12-13H,2,7-11H2,1H3. The Hall–Kier alpha value is -2.28. The fourth-order valence-corrected chi connectivity index (χ4v) is 4.46. The van der Waals surface area contributed by atoms with Crippen molar-refractivity contribution >= 4 is 28.7 Å². The molecule has 0 saturated heterocycles. The van der Waals surface area contributed by atoms with Gasteiger partial charge in [-0.3, -0.25) is 0 Å². The van der Waals surface area contributed by atoms with Gasteiger partial charge in [-0.05, 0) is 38.7 Å². The summed E-state index contributed by atoms with van der Waals surface area (Å²) in [5.74, 6) is 2.21. The van der Waals surface area contributed by atoms with E-state index in [4.69, 9.17) is 9.15 Å². The maximum absolute atomic E-state index is 12.4. The lowest BCUT2D eigenvalue weighted by Crippen LogP contribution is -2.06. The Kier molecular flexibility index (Phi) is 4.19. The molecule has 2 aliphatic carbocycles. The van der Waals surface area contributed by atoms with Crippen molar-refractivity contribution in [3.05, 3.63) is 41.4 Å². The Morgan fingerprint density at radius 3 is 2.81 bits per heavy atom. The lowest BCUT2D eigenvalue weighted by molar-refractivity contribution is 0.0491. The van der Waals surface area contributed by atoms with Crippen molar-refractivity contribution in [2.24, 2.45) is 0 Å². The van der Waals surface area contributed by atoms with Crippen LogP contribution in [0.25, 0.3) is 11.0 Å². The highest BCUT2D eigenvalue weighted by Gasteiger charge is 2.36. The molecule has 0 amide bonds. The normalized spacial score (nSPS) is 16.8. The minimum Gasteiger partial charge on any atom is -0.460 e. The van der Waals surface area contributed by atoms with Crippen LogP contribution in [0.1, 0.15) is 66.5 Å². The fraction of sp³-hybridized carbons (Fsp3) is 0.450. The summed E-state index contributed by atoms with van der Waals surface area (Å²) in [6, 6.07) is 8.27. The topological polar surface area (TPSA) is 70.2 Å². The highest BCUT2D eigenvalue weighted by molar-refractivity contribution is 7.98. The van der Waals surface area contributed by atoms with Crippen LogP contribution in [-0.2, 0) is 10.5 Å². The van der Waals surface area contributed by atoms with Crippen LogP contribution in [-0.4, -0.2) is 27.3 Å². The molecule has 2 saturated carbocycles. The fourth-order valence-electron chi connectivity index (χ4n) is 3.42. The third kappa shape index (κ3) is 3.14. The average Bonchev–Trinajstić information content (AvgIpc) is 3.61. The zero-order valence-electron chi connectivity index (χ0n) is 15.2. The van der Waals surface area contributed by atoms with Crippen LogP contribution >= 0.6 is 11.8 Å². The van der Waals surface area contributed by atoms with Gasteiger partial charge in [-0.2, -0.15) is 0 Å². The molecule has 1 aromatic carbocycles. The molecule has 0 atom stereocenters. The second kappa shape index (κ2) is 6.71. The second-order valence-electron chi connectivity index (χ2n) is 7.13. The Morgan fingerprint density at radius 2 is 2.07 bits per heavy atom. The monoisotopic (exact) mass is 383 g/mol. The number of aromatic nitrogens is 3. The van der Waals surface area contributed by atoms with Gasteiger partial charge >= 0.3 is 5.97 Å². The number of thioether (sulfide) groups is 1. The molecule has 7 heteroatoms. The van der Waals surface area contributed by atoms with Gasteiger partial charge in [-0.15, -0.1) is 10.2 Å². The van der Waals surface area contributed by atoms with E-state index < -0.39 is 5.97 Å². The quantitative estimate of drug-likeness (QED) is 0.435. The molecule has 3 aromatic rings. The number of para-hydroxylation sites is 1. The van der Waals surface area contributed by atoms with E-state index in [0.29, 0.717) is 35.7 Å². The lowest BCUT2D eigenvalue weighted by atomic mass is 10.1. The van der Waals surface area contributed by atoms with Crippen LogP contribution < -0.4 is 0 Å². The van der Waals surface area contributed by atoms with Crippen molar-refractivity contribution in [2.75, 3.05) is 6.61 Å². The molecule has 0 N–H and O–H groups in total. The van der Waals surface area contributed by atoms with E-state index in [1.54, 1.807) is 18.7 Å². The summed E-state index contributed by atoms with van der Waals surface area (Å²) in [7, 11) is 0. The first-order chi connectivity index (χ1) is 13.3. The van der Waals surface area contributed by atoms with Crippen molar-refractivity contribution in [1.82, 2.24) is 14.8 Å². The van der Waals surface area contributed by atoms with Crippen LogP contribution in [0.4, 0.5) is 0 Å². The van der Waals surface area contributed by atoms with Crippen molar-refractivity contribution in [3.8, 4) is 0 Å². The van der Waals surface area contributed by atoms with E-state index in [1.165, 1.54) is 25.7 Å². The summed E-state index contributed by atoms with van der Waals surface area (Å²) >= 11 is 1.63. The first-order valence-electron chi connectivity index (χ1n) is 9.51. The van der Waals surface area contributed by atoms with Gasteiger partial charge in [0.15, 0.2) is 5.16 Å². The number of hydrogen-bond acceptors (Lipinski definition) is 6. The summed E-state index contributed by atoms with van der Waals surface area (Å²) in [5.41, 5.74) is 1.57. The molecule has 6 nitrogen and oxygen atoms in total. The van der Waals surface area contributed by atoms with E-state index in [2.05, 4.69) is 14.8 Å². The zero-order valence-corrected chi connectivity index (χ0v) is 16.0. The van der Waals surface area contributed by atoms with Crippen LogP contribution in [0.2, 0.25) is 0 Å². The maximum atomic E-state index is 12.4. The highest BCUT2D eigenvalue weighted by atomic mass is 32.2. The largest absolute Gasteiger partial charge is 0.460 e. The predicted octanol–water partition coefficient (Wildman–Crippen LogP) is 4.71. The molecular weight excluding hydrogens is 362 g/mol. The molecule has 0 aliphatic heterocycles. The molecule has 140 valence electrons. The SMILES string of the molecule is CCOC(=O)c1oc2ccccc2c1CSc1nnc(C2CC2)n1C1CC1. The lowest BCUT2D eigenvalue weighted by Gasteiger charge is -2.08. The molecule has 2 fully saturated rings. The second-order valence-corrected chi connectivity index (χ2v) is 8.07. The van der Waals surface area contributed by atoms with E-state index in [1.807, 2.05) is 24.3 Å². The van der Waals surface area contributed by atoms with Gasteiger partial charge in [0.25, 0.3) is 0 Å². The summed E-state index contributed by atoms with van der Waals surface area (Å²) in [5, 5.41) is 10.8. The number of carbonyl (C=O) groups is 1. The first-order valence-corrected chi connectivity index (χ1v) is 10.5. The Bertz CT molecular complexity index is 1000. The molecule has 27 heavy (non-hydrogen) atoms. The Balaban J connectivity index is 1.46. The van der Waals surface area contributed by atoms with E-state index in [0.717, 1.165) is 21.9 Å². The van der Waals surface area contributed by atoms with Gasteiger partial charge in [0.1, 0.15) is 11.4 Å². The molecule has 0 radical (unpaired) electrons. The van der Waals surface area contributed by atoms with Crippen molar-refractivity contribution in [2.45, 2.75) is 55.5 Å². The molecule has 0 bridgehead atoms. The molecule has 2 aliphatic rings. The highest BCUT2D eigenvalue weighted by Crippen LogP contribution is 2.46. The molecule has 2 aromatic heterocycles. The van der Waals surface area contributed by atoms with Crippen molar-refractivity contribution in [3.63, 3.8) is 0 Å². The molecule has 0 unspecified atom stereocenters. The smallest absolute Gasteiger partial charge is 0.374 e. The van der Waals surface area contributed by atoms with Crippen LogP contribution in [0.5, 0.6) is 0 Å². The number of fused-ring (bicyclic) bond motifs is 1. The number of rotatable bonds is 7. The first kappa shape index (κ1) is 16.9. The van der Waals surface area contributed by atoms with Gasteiger partial charge in [0.05, 0.1) is 6.61 Å². The van der Waals surface area contributed by atoms with E-state index in [-0.39, 0.29) is 0 Å². The number of hydrogen-bond donors (Lipinski definition) is 0. The number of furan rings is 1. The van der Waals surface area contributed by atoms with Crippen molar-refractivity contribution < 1.29 is 13.9 Å². The van der Waals surface area contributed by atoms with E-state index >= 15 is 0 Å². The number of benzene rings is 1. The Labute approximate surface area is 161 Å². The molecule has 2 heterocycles. The van der Waals surface area contributed by atoms with Gasteiger partial charge in [-0.1, -0.05) is 30.0 Å². The summed E-state index contributed by atoms with van der Waals surface area (Å²) in [6.07, 6.45) is 4.84. The third-order valence-electron chi connectivity index (χ3n) is 5.05. The van der Waals surface area contributed by atoms with E-state index in [9.17, 15) is 4.79 Å². The third-order valence-corrected chi connectivity index (χ3v) is 6.02. The summed E-state index contributed by atoms with van der Waals surface area (Å²) in [4.78, 5) is 12.4. The number of nitrogens with zero attached hydrogens (tertiary/aromatic N) is 3. The number of ether oxygens (including phenoxy) is 1.